The molecule has 8 heteroatoms. The maximum absolute atomic E-state index is 10.4. The average Bonchev–Trinajstić information content (AvgIpc) is 3.61. The number of hydrogen-bond acceptors (Lipinski definition) is 4. The topological polar surface area (TPSA) is 110 Å². The molecular formula is C26H22N4O4. The molecule has 8 nitrogen and oxygen atoms in total. The van der Waals surface area contributed by atoms with Crippen LogP contribution in [0, 0.1) is 0 Å². The van der Waals surface area contributed by atoms with Crippen LogP contribution < -0.4 is 0 Å². The van der Waals surface area contributed by atoms with E-state index in [9.17, 15) is 9.59 Å². The maximum Gasteiger partial charge on any atom is 0.335 e. The van der Waals surface area contributed by atoms with Gasteiger partial charge in [-0.05, 0) is 42.5 Å². The lowest BCUT2D eigenvalue weighted by atomic mass is 10.1. The van der Waals surface area contributed by atoms with E-state index in [0.717, 1.165) is 17.4 Å². The van der Waals surface area contributed by atoms with Gasteiger partial charge in [0.05, 0.1) is 23.8 Å². The first kappa shape index (κ1) is 23.7. The summed E-state index contributed by atoms with van der Waals surface area (Å²) in [7, 11) is 0. The second-order valence-corrected chi connectivity index (χ2v) is 6.80. The highest BCUT2D eigenvalue weighted by Crippen LogP contribution is 2.06. The van der Waals surface area contributed by atoms with Crippen molar-refractivity contribution in [2.24, 2.45) is 0 Å². The summed E-state index contributed by atoms with van der Waals surface area (Å²) in [4.78, 5) is 28.7. The van der Waals surface area contributed by atoms with E-state index in [0.29, 0.717) is 0 Å². The number of hydrogen-bond donors (Lipinski definition) is 2. The predicted molar refractivity (Wildman–Crippen MR) is 127 cm³/mol. The van der Waals surface area contributed by atoms with Crippen molar-refractivity contribution in [2.75, 3.05) is 0 Å². The Bertz CT molecular complexity index is 1190. The molecule has 3 aromatic carbocycles. The first-order chi connectivity index (χ1) is 16.5. The molecule has 0 spiro atoms. The molecule has 0 atom stereocenters. The van der Waals surface area contributed by atoms with Crippen molar-refractivity contribution in [3.8, 4) is 11.4 Å². The summed E-state index contributed by atoms with van der Waals surface area (Å²) < 4.78 is 3.94. The summed E-state index contributed by atoms with van der Waals surface area (Å²) in [6.45, 7) is 0. The number of carboxylic acids is 2. The Morgan fingerprint density at radius 2 is 1.00 bits per heavy atom. The van der Waals surface area contributed by atoms with E-state index in [4.69, 9.17) is 10.2 Å². The molecule has 2 heterocycles. The zero-order valence-corrected chi connectivity index (χ0v) is 18.0. The monoisotopic (exact) mass is 454 g/mol. The second-order valence-electron chi connectivity index (χ2n) is 6.80. The number of carbonyl (C=O) groups is 2. The highest BCUT2D eigenvalue weighted by atomic mass is 16.4. The van der Waals surface area contributed by atoms with Crippen molar-refractivity contribution >= 4 is 11.9 Å². The first-order valence-corrected chi connectivity index (χ1v) is 10.2. The molecule has 0 aliphatic heterocycles. The van der Waals surface area contributed by atoms with Crippen LogP contribution in [0.3, 0.4) is 0 Å². The van der Waals surface area contributed by atoms with Crippen LogP contribution in [0.25, 0.3) is 11.4 Å². The number of benzene rings is 3. The minimum Gasteiger partial charge on any atom is -0.478 e. The normalized spacial score (nSPS) is 9.65. The Hall–Kier alpha value is -4.98. The van der Waals surface area contributed by atoms with Crippen molar-refractivity contribution < 1.29 is 19.8 Å². The Morgan fingerprint density at radius 1 is 0.588 bits per heavy atom. The van der Waals surface area contributed by atoms with Crippen LogP contribution in [0.1, 0.15) is 20.7 Å². The average molecular weight is 454 g/mol. The molecule has 34 heavy (non-hydrogen) atoms. The molecule has 0 amide bonds. The number of nitrogens with zero attached hydrogens (tertiary/aromatic N) is 4. The molecule has 0 unspecified atom stereocenters. The third-order valence-electron chi connectivity index (χ3n) is 4.47. The van der Waals surface area contributed by atoms with Gasteiger partial charge >= 0.3 is 11.9 Å². The molecule has 0 radical (unpaired) electrons. The van der Waals surface area contributed by atoms with E-state index < -0.39 is 11.9 Å². The molecule has 2 aromatic heterocycles. The fraction of sp³-hybridized carbons (Fsp3) is 0. The van der Waals surface area contributed by atoms with Crippen LogP contribution in [0.2, 0.25) is 0 Å². The maximum atomic E-state index is 10.4. The fourth-order valence-corrected chi connectivity index (χ4v) is 2.81. The van der Waals surface area contributed by atoms with Gasteiger partial charge in [0, 0.05) is 36.2 Å². The third kappa shape index (κ3) is 7.03. The predicted octanol–water partition coefficient (Wildman–Crippen LogP) is 4.83. The molecule has 0 bridgehead atoms. The van der Waals surface area contributed by atoms with Gasteiger partial charge in [0.15, 0.2) is 0 Å². The van der Waals surface area contributed by atoms with Gasteiger partial charge < -0.3 is 19.3 Å². The number of carboxylic acid groups (broad SMARTS) is 2. The van der Waals surface area contributed by atoms with Crippen LogP contribution in [0.5, 0.6) is 0 Å². The highest BCUT2D eigenvalue weighted by molar-refractivity contribution is 5.93. The molecule has 2 N–H and O–H groups in total. The van der Waals surface area contributed by atoms with Gasteiger partial charge in [-0.2, -0.15) is 0 Å². The molecular weight excluding hydrogens is 432 g/mol. The Labute approximate surface area is 196 Å². The third-order valence-corrected chi connectivity index (χ3v) is 4.47. The van der Waals surface area contributed by atoms with E-state index in [1.54, 1.807) is 25.0 Å². The first-order valence-electron chi connectivity index (χ1n) is 10.2. The zero-order valence-electron chi connectivity index (χ0n) is 18.0. The smallest absolute Gasteiger partial charge is 0.335 e. The van der Waals surface area contributed by atoms with Crippen LogP contribution in [-0.4, -0.2) is 41.3 Å². The minimum absolute atomic E-state index is 0.0186. The van der Waals surface area contributed by atoms with E-state index in [1.807, 2.05) is 82.2 Å². The molecule has 5 rings (SSSR count). The van der Waals surface area contributed by atoms with E-state index in [-0.39, 0.29) is 11.1 Å². The molecule has 0 aliphatic carbocycles. The van der Waals surface area contributed by atoms with Gasteiger partial charge in [-0.15, -0.1) is 0 Å². The molecule has 0 aliphatic rings. The summed E-state index contributed by atoms with van der Waals surface area (Å²) in [5, 5.41) is 17.0. The Kier molecular flexibility index (Phi) is 8.47. The SMILES string of the molecule is O=C(O)c1cccc(C(=O)O)c1.c1ccc(-n2ccnc2)cc1.c1ccc(-n2ccnc2)cc1. The molecule has 5 aromatic rings. The van der Waals surface area contributed by atoms with Crippen LogP contribution in [0.15, 0.2) is 122 Å². The van der Waals surface area contributed by atoms with Crippen molar-refractivity contribution in [1.82, 2.24) is 19.1 Å². The fourth-order valence-electron chi connectivity index (χ4n) is 2.81. The number of aromatic carboxylic acids is 2. The van der Waals surface area contributed by atoms with Gasteiger partial charge in [0.2, 0.25) is 0 Å². The summed E-state index contributed by atoms with van der Waals surface area (Å²) in [5.74, 6) is -2.25. The summed E-state index contributed by atoms with van der Waals surface area (Å²) in [6.07, 6.45) is 11.0. The molecule has 0 fully saturated rings. The largest absolute Gasteiger partial charge is 0.478 e. The Balaban J connectivity index is 0.000000143. The standard InChI is InChI=1S/2C9H8N2.C8H6O4/c2*1-2-4-9(5-3-1)11-7-6-10-8-11;9-7(10)5-2-1-3-6(4-5)8(11)12/h2*1-8H;1-4H,(H,9,10)(H,11,12). The summed E-state index contributed by atoms with van der Waals surface area (Å²) in [6, 6.07) is 25.4. The quantitative estimate of drug-likeness (QED) is 0.403. The van der Waals surface area contributed by atoms with E-state index >= 15 is 0 Å². The lowest BCUT2D eigenvalue weighted by molar-refractivity contribution is 0.0696. The second kappa shape index (κ2) is 12.2. The van der Waals surface area contributed by atoms with Crippen molar-refractivity contribution in [1.29, 1.82) is 0 Å². The lowest BCUT2D eigenvalue weighted by Crippen LogP contribution is -2.01. The van der Waals surface area contributed by atoms with Crippen molar-refractivity contribution in [3.63, 3.8) is 0 Å². The highest BCUT2D eigenvalue weighted by Gasteiger charge is 2.06. The van der Waals surface area contributed by atoms with E-state index in [2.05, 4.69) is 9.97 Å². The van der Waals surface area contributed by atoms with Gasteiger partial charge in [-0.25, -0.2) is 19.6 Å². The molecule has 0 saturated carbocycles. The van der Waals surface area contributed by atoms with Gasteiger partial charge in [-0.1, -0.05) is 42.5 Å². The van der Waals surface area contributed by atoms with Gasteiger partial charge in [0.25, 0.3) is 0 Å². The van der Waals surface area contributed by atoms with Crippen LogP contribution >= 0.6 is 0 Å². The zero-order chi connectivity index (χ0) is 24.2. The number of imidazole rings is 2. The van der Waals surface area contributed by atoms with Crippen LogP contribution in [0.4, 0.5) is 0 Å². The lowest BCUT2D eigenvalue weighted by Gasteiger charge is -1.98. The number of rotatable bonds is 4. The van der Waals surface area contributed by atoms with Gasteiger partial charge in [-0.3, -0.25) is 0 Å². The van der Waals surface area contributed by atoms with Crippen LogP contribution in [-0.2, 0) is 0 Å². The van der Waals surface area contributed by atoms with E-state index in [1.165, 1.54) is 18.2 Å². The summed E-state index contributed by atoms with van der Waals surface area (Å²) >= 11 is 0. The minimum atomic E-state index is -1.13. The number of aromatic nitrogens is 4. The van der Waals surface area contributed by atoms with Gasteiger partial charge in [0.1, 0.15) is 0 Å². The summed E-state index contributed by atoms with van der Waals surface area (Å²) in [5.41, 5.74) is 2.25. The molecule has 0 saturated heterocycles. The number of para-hydroxylation sites is 2. The molecule has 170 valence electrons. The van der Waals surface area contributed by atoms with Crippen molar-refractivity contribution in [2.45, 2.75) is 0 Å². The van der Waals surface area contributed by atoms with Crippen molar-refractivity contribution in [3.05, 3.63) is 133 Å². The Morgan fingerprint density at radius 3 is 1.32 bits per heavy atom.